The van der Waals surface area contributed by atoms with Crippen LogP contribution in [-0.4, -0.2) is 27.5 Å². The minimum atomic E-state index is -3.86. The number of benzene rings is 2. The van der Waals surface area contributed by atoms with Crippen molar-refractivity contribution in [1.29, 1.82) is 0 Å². The first-order valence-corrected chi connectivity index (χ1v) is 11.8. The van der Waals surface area contributed by atoms with Gasteiger partial charge in [0.15, 0.2) is 9.84 Å². The van der Waals surface area contributed by atoms with Gasteiger partial charge in [0.05, 0.1) is 17.1 Å². The number of sulfone groups is 1. The second kappa shape index (κ2) is 9.40. The molecule has 2 aromatic carbocycles. The summed E-state index contributed by atoms with van der Waals surface area (Å²) in [6.07, 6.45) is 0. The van der Waals surface area contributed by atoms with Crippen LogP contribution in [0.1, 0.15) is 33.0 Å². The summed E-state index contributed by atoms with van der Waals surface area (Å²) < 4.78 is 45.8. The van der Waals surface area contributed by atoms with Crippen LogP contribution in [0.5, 0.6) is 5.75 Å². The molecule has 1 heterocycles. The van der Waals surface area contributed by atoms with Crippen molar-refractivity contribution in [2.75, 3.05) is 13.2 Å². The molecule has 0 unspecified atom stereocenters. The molecule has 0 aliphatic heterocycles. The van der Waals surface area contributed by atoms with E-state index in [9.17, 15) is 17.6 Å². The molecule has 0 bridgehead atoms. The van der Waals surface area contributed by atoms with E-state index in [4.69, 9.17) is 4.74 Å². The van der Waals surface area contributed by atoms with E-state index in [0.29, 0.717) is 22.8 Å². The Bertz CT molecular complexity index is 1130. The SMILES string of the molecule is CCOc1ccccc1C(=O)NC[C@H](c1cccs1)S(=O)(=O)c1ccc(F)c(C)c1. The highest BCUT2D eigenvalue weighted by molar-refractivity contribution is 7.91. The van der Waals surface area contributed by atoms with E-state index in [2.05, 4.69) is 5.32 Å². The van der Waals surface area contributed by atoms with Gasteiger partial charge in [0.1, 0.15) is 16.8 Å². The molecule has 158 valence electrons. The van der Waals surface area contributed by atoms with E-state index in [1.807, 2.05) is 6.92 Å². The monoisotopic (exact) mass is 447 g/mol. The van der Waals surface area contributed by atoms with Crippen LogP contribution in [0.3, 0.4) is 0 Å². The lowest BCUT2D eigenvalue weighted by Crippen LogP contribution is -2.32. The molecular formula is C22H22FNO4S2. The molecule has 0 saturated heterocycles. The zero-order chi connectivity index (χ0) is 21.7. The standard InChI is InChI=1S/C22H22FNO4S2/c1-3-28-19-8-5-4-7-17(19)22(25)24-14-21(20-9-6-12-29-20)30(26,27)16-10-11-18(23)15(2)13-16/h4-13,21H,3,14H2,1-2H3,(H,24,25)/t21-/m1/s1. The van der Waals surface area contributed by atoms with Crippen molar-refractivity contribution >= 4 is 27.1 Å². The molecule has 5 nitrogen and oxygen atoms in total. The van der Waals surface area contributed by atoms with Crippen molar-refractivity contribution in [3.63, 3.8) is 0 Å². The number of amides is 1. The lowest BCUT2D eigenvalue weighted by atomic mass is 10.2. The topological polar surface area (TPSA) is 72.5 Å². The minimum absolute atomic E-state index is 0.0174. The number of ether oxygens (including phenoxy) is 1. The summed E-state index contributed by atoms with van der Waals surface area (Å²) in [4.78, 5) is 13.4. The van der Waals surface area contributed by atoms with E-state index in [0.717, 1.165) is 6.07 Å². The van der Waals surface area contributed by atoms with Gasteiger partial charge in [0, 0.05) is 11.4 Å². The average Bonchev–Trinajstić information content (AvgIpc) is 3.25. The highest BCUT2D eigenvalue weighted by Crippen LogP contribution is 2.32. The Kier molecular flexibility index (Phi) is 6.89. The fourth-order valence-corrected chi connectivity index (χ4v) is 5.88. The summed E-state index contributed by atoms with van der Waals surface area (Å²) in [5.74, 6) is -0.462. The Morgan fingerprint density at radius 3 is 2.60 bits per heavy atom. The molecule has 1 aromatic heterocycles. The lowest BCUT2D eigenvalue weighted by Gasteiger charge is -2.18. The second-order valence-electron chi connectivity index (χ2n) is 6.60. The summed E-state index contributed by atoms with van der Waals surface area (Å²) in [5, 5.41) is 3.51. The molecule has 1 N–H and O–H groups in total. The minimum Gasteiger partial charge on any atom is -0.493 e. The van der Waals surface area contributed by atoms with Crippen molar-refractivity contribution in [1.82, 2.24) is 5.32 Å². The van der Waals surface area contributed by atoms with Crippen LogP contribution < -0.4 is 10.1 Å². The summed E-state index contributed by atoms with van der Waals surface area (Å²) in [6, 6.07) is 14.0. The Labute approximate surface area is 179 Å². The first-order valence-electron chi connectivity index (χ1n) is 9.38. The number of carbonyl (C=O) groups excluding carboxylic acids is 1. The third-order valence-electron chi connectivity index (χ3n) is 4.57. The molecule has 3 rings (SSSR count). The zero-order valence-electron chi connectivity index (χ0n) is 16.6. The van der Waals surface area contributed by atoms with Gasteiger partial charge in [-0.3, -0.25) is 4.79 Å². The number of halogens is 1. The van der Waals surface area contributed by atoms with Crippen LogP contribution in [0.4, 0.5) is 4.39 Å². The molecule has 0 fully saturated rings. The normalized spacial score (nSPS) is 12.4. The number of carbonyl (C=O) groups is 1. The molecule has 0 radical (unpaired) electrons. The third-order valence-corrected chi connectivity index (χ3v) is 7.79. The summed E-state index contributed by atoms with van der Waals surface area (Å²) in [7, 11) is -3.86. The molecule has 0 saturated carbocycles. The van der Waals surface area contributed by atoms with Gasteiger partial charge in [-0.05, 0) is 61.2 Å². The number of hydrogen-bond acceptors (Lipinski definition) is 5. The van der Waals surface area contributed by atoms with Gasteiger partial charge in [-0.1, -0.05) is 18.2 Å². The Balaban J connectivity index is 1.89. The van der Waals surface area contributed by atoms with Gasteiger partial charge in [0.2, 0.25) is 0 Å². The van der Waals surface area contributed by atoms with Crippen molar-refractivity contribution in [2.45, 2.75) is 24.0 Å². The van der Waals surface area contributed by atoms with E-state index < -0.39 is 26.8 Å². The first-order chi connectivity index (χ1) is 14.3. The maximum Gasteiger partial charge on any atom is 0.255 e. The predicted octanol–water partition coefficient (Wildman–Crippen LogP) is 4.54. The molecule has 0 spiro atoms. The van der Waals surface area contributed by atoms with E-state index in [1.54, 1.807) is 41.8 Å². The maximum absolute atomic E-state index is 13.6. The van der Waals surface area contributed by atoms with Gasteiger partial charge in [-0.15, -0.1) is 11.3 Å². The quantitative estimate of drug-likeness (QED) is 0.515. The van der Waals surface area contributed by atoms with Crippen LogP contribution in [0.25, 0.3) is 0 Å². The molecule has 0 aliphatic carbocycles. The summed E-state index contributed by atoms with van der Waals surface area (Å²) in [6.45, 7) is 3.61. The molecule has 1 atom stereocenters. The fraction of sp³-hybridized carbons (Fsp3) is 0.227. The van der Waals surface area contributed by atoms with Crippen LogP contribution in [0, 0.1) is 12.7 Å². The second-order valence-corrected chi connectivity index (χ2v) is 9.71. The maximum atomic E-state index is 13.6. The first kappa shape index (κ1) is 22.0. The molecule has 0 aliphatic rings. The van der Waals surface area contributed by atoms with Gasteiger partial charge < -0.3 is 10.1 Å². The number of rotatable bonds is 8. The highest BCUT2D eigenvalue weighted by atomic mass is 32.2. The molecule has 30 heavy (non-hydrogen) atoms. The van der Waals surface area contributed by atoms with Crippen LogP contribution in [-0.2, 0) is 9.84 Å². The van der Waals surface area contributed by atoms with Gasteiger partial charge >= 0.3 is 0 Å². The van der Waals surface area contributed by atoms with Crippen molar-refractivity contribution in [3.8, 4) is 5.75 Å². The third kappa shape index (κ3) is 4.71. The van der Waals surface area contributed by atoms with E-state index >= 15 is 0 Å². The van der Waals surface area contributed by atoms with Crippen LogP contribution in [0.2, 0.25) is 0 Å². The number of para-hydroxylation sites is 1. The Hall–Kier alpha value is -2.71. The van der Waals surface area contributed by atoms with Gasteiger partial charge in [-0.2, -0.15) is 0 Å². The average molecular weight is 448 g/mol. The predicted molar refractivity (Wildman–Crippen MR) is 115 cm³/mol. The summed E-state index contributed by atoms with van der Waals surface area (Å²) >= 11 is 1.29. The molecule has 8 heteroatoms. The van der Waals surface area contributed by atoms with Crippen LogP contribution in [0.15, 0.2) is 64.9 Å². The Morgan fingerprint density at radius 1 is 1.17 bits per heavy atom. The van der Waals surface area contributed by atoms with Crippen molar-refractivity contribution in [3.05, 3.63) is 81.8 Å². The highest BCUT2D eigenvalue weighted by Gasteiger charge is 2.31. The number of hydrogen-bond donors (Lipinski definition) is 1. The van der Waals surface area contributed by atoms with E-state index in [1.165, 1.54) is 30.4 Å². The number of aryl methyl sites for hydroxylation is 1. The fourth-order valence-electron chi connectivity index (χ4n) is 3.01. The zero-order valence-corrected chi connectivity index (χ0v) is 18.2. The largest absolute Gasteiger partial charge is 0.493 e. The van der Waals surface area contributed by atoms with Gasteiger partial charge in [0.25, 0.3) is 5.91 Å². The summed E-state index contributed by atoms with van der Waals surface area (Å²) in [5.41, 5.74) is 0.579. The smallest absolute Gasteiger partial charge is 0.255 e. The van der Waals surface area contributed by atoms with Crippen molar-refractivity contribution in [2.24, 2.45) is 0 Å². The Morgan fingerprint density at radius 2 is 1.93 bits per heavy atom. The lowest BCUT2D eigenvalue weighted by molar-refractivity contribution is 0.0950. The van der Waals surface area contributed by atoms with Crippen LogP contribution >= 0.6 is 11.3 Å². The van der Waals surface area contributed by atoms with Crippen molar-refractivity contribution < 1.29 is 22.3 Å². The molecule has 1 amide bonds. The molecule has 3 aromatic rings. The molecular weight excluding hydrogens is 425 g/mol. The van der Waals surface area contributed by atoms with E-state index in [-0.39, 0.29) is 17.0 Å². The number of thiophene rings is 1. The number of nitrogens with one attached hydrogen (secondary N) is 1. The van der Waals surface area contributed by atoms with Gasteiger partial charge in [-0.25, -0.2) is 12.8 Å².